The number of carbonyl (C=O) groups is 1. The predicted molar refractivity (Wildman–Crippen MR) is 61.6 cm³/mol. The zero-order valence-electron chi connectivity index (χ0n) is 9.95. The molecule has 0 aliphatic carbocycles. The Morgan fingerprint density at radius 3 is 2.75 bits per heavy atom. The van der Waals surface area contributed by atoms with Crippen molar-refractivity contribution in [2.45, 2.75) is 39.8 Å². The van der Waals surface area contributed by atoms with Gasteiger partial charge in [-0.05, 0) is 13.0 Å². The van der Waals surface area contributed by atoms with Crippen LogP contribution in [0.1, 0.15) is 31.1 Å². The van der Waals surface area contributed by atoms with E-state index < -0.39 is 5.91 Å². The minimum Gasteiger partial charge on any atom is -0.369 e. The van der Waals surface area contributed by atoms with E-state index in [1.165, 1.54) is 0 Å². The Balaban J connectivity index is 2.77. The number of nitrogens with zero attached hydrogens (tertiary/aromatic N) is 2. The normalized spacial score (nSPS) is 10.8. The molecule has 0 aliphatic rings. The van der Waals surface area contributed by atoms with Crippen molar-refractivity contribution in [3.63, 3.8) is 0 Å². The van der Waals surface area contributed by atoms with Crippen LogP contribution in [0.3, 0.4) is 0 Å². The number of aryl methyl sites for hydroxylation is 1. The van der Waals surface area contributed by atoms with Crippen LogP contribution >= 0.6 is 0 Å². The van der Waals surface area contributed by atoms with Crippen molar-refractivity contribution in [2.24, 2.45) is 5.73 Å². The highest BCUT2D eigenvalue weighted by Crippen LogP contribution is 2.01. The highest BCUT2D eigenvalue weighted by atomic mass is 16.1. The molecule has 5 nitrogen and oxygen atoms in total. The predicted octanol–water partition coefficient (Wildman–Crippen LogP) is 0.311. The van der Waals surface area contributed by atoms with Gasteiger partial charge in [0.2, 0.25) is 5.91 Å². The van der Waals surface area contributed by atoms with Crippen LogP contribution in [0.5, 0.6) is 0 Å². The van der Waals surface area contributed by atoms with Crippen LogP contribution in [0.15, 0.2) is 6.07 Å². The topological polar surface area (TPSA) is 80.9 Å². The summed E-state index contributed by atoms with van der Waals surface area (Å²) in [6.45, 7) is 6.69. The van der Waals surface area contributed by atoms with Crippen molar-refractivity contribution >= 4 is 5.91 Å². The van der Waals surface area contributed by atoms with Crippen LogP contribution < -0.4 is 11.1 Å². The summed E-state index contributed by atoms with van der Waals surface area (Å²) in [5, 5.41) is 3.26. The molecule has 0 radical (unpaired) electrons. The quantitative estimate of drug-likeness (QED) is 0.751. The van der Waals surface area contributed by atoms with Gasteiger partial charge in [-0.1, -0.05) is 13.8 Å². The van der Waals surface area contributed by atoms with Gasteiger partial charge in [0.1, 0.15) is 5.82 Å². The fourth-order valence-electron chi connectivity index (χ4n) is 1.33. The number of nitrogens with two attached hydrogens (primary N) is 1. The first kappa shape index (κ1) is 12.6. The molecule has 0 unspecified atom stereocenters. The standard InChI is InChI=1S/C11H18N4O/c1-7(2)13-6-9-4-8(3)14-11(15-9)5-10(12)16/h4,7,13H,5-6H2,1-3H3,(H2,12,16). The third-order valence-electron chi connectivity index (χ3n) is 1.98. The van der Waals surface area contributed by atoms with Gasteiger partial charge in [-0.3, -0.25) is 4.79 Å². The Labute approximate surface area is 95.5 Å². The van der Waals surface area contributed by atoms with Gasteiger partial charge in [-0.15, -0.1) is 0 Å². The lowest BCUT2D eigenvalue weighted by atomic mass is 10.3. The molecule has 1 aromatic rings. The Bertz CT molecular complexity index is 376. The number of amides is 1. The molecule has 1 amide bonds. The van der Waals surface area contributed by atoms with E-state index >= 15 is 0 Å². The maximum absolute atomic E-state index is 10.8. The van der Waals surface area contributed by atoms with E-state index in [2.05, 4.69) is 29.1 Å². The highest BCUT2D eigenvalue weighted by molar-refractivity contribution is 5.75. The van der Waals surface area contributed by atoms with Gasteiger partial charge in [0.05, 0.1) is 12.1 Å². The molecule has 0 saturated carbocycles. The molecule has 5 heteroatoms. The largest absolute Gasteiger partial charge is 0.369 e. The van der Waals surface area contributed by atoms with Crippen molar-refractivity contribution in [1.29, 1.82) is 0 Å². The number of carbonyl (C=O) groups excluding carboxylic acids is 1. The molecular formula is C11H18N4O. The summed E-state index contributed by atoms with van der Waals surface area (Å²) in [5.41, 5.74) is 6.85. The van der Waals surface area contributed by atoms with Crippen LogP contribution in [-0.4, -0.2) is 21.9 Å². The second-order valence-electron chi connectivity index (χ2n) is 4.10. The minimum absolute atomic E-state index is 0.0936. The van der Waals surface area contributed by atoms with E-state index in [1.54, 1.807) is 0 Å². The molecule has 3 N–H and O–H groups in total. The van der Waals surface area contributed by atoms with Gasteiger partial charge in [-0.2, -0.15) is 0 Å². The Kier molecular flexibility index (Phi) is 4.37. The summed E-state index contributed by atoms with van der Waals surface area (Å²) in [7, 11) is 0. The lowest BCUT2D eigenvalue weighted by Crippen LogP contribution is -2.23. The molecule has 0 aromatic carbocycles. The first-order valence-corrected chi connectivity index (χ1v) is 5.32. The Morgan fingerprint density at radius 1 is 1.50 bits per heavy atom. The van der Waals surface area contributed by atoms with E-state index in [4.69, 9.17) is 5.73 Å². The molecule has 0 aliphatic heterocycles. The lowest BCUT2D eigenvalue weighted by Gasteiger charge is -2.09. The number of rotatable bonds is 5. The molecule has 1 rings (SSSR count). The summed E-state index contributed by atoms with van der Waals surface area (Å²) in [5.74, 6) is 0.0847. The molecule has 1 aromatic heterocycles. The number of nitrogens with one attached hydrogen (secondary N) is 1. The summed E-state index contributed by atoms with van der Waals surface area (Å²) in [6, 6.07) is 2.30. The fourth-order valence-corrected chi connectivity index (χ4v) is 1.33. The first-order valence-electron chi connectivity index (χ1n) is 5.32. The summed E-state index contributed by atoms with van der Waals surface area (Å²) < 4.78 is 0. The van der Waals surface area contributed by atoms with Crippen molar-refractivity contribution in [3.8, 4) is 0 Å². The third-order valence-corrected chi connectivity index (χ3v) is 1.98. The zero-order chi connectivity index (χ0) is 12.1. The smallest absolute Gasteiger partial charge is 0.225 e. The van der Waals surface area contributed by atoms with E-state index in [0.29, 0.717) is 18.4 Å². The Morgan fingerprint density at radius 2 is 2.19 bits per heavy atom. The molecular weight excluding hydrogens is 204 g/mol. The SMILES string of the molecule is Cc1cc(CNC(C)C)nc(CC(N)=O)n1. The van der Waals surface area contributed by atoms with Gasteiger partial charge < -0.3 is 11.1 Å². The fraction of sp³-hybridized carbons (Fsp3) is 0.545. The van der Waals surface area contributed by atoms with E-state index in [1.807, 2.05) is 13.0 Å². The van der Waals surface area contributed by atoms with Crippen LogP contribution in [0.2, 0.25) is 0 Å². The molecule has 0 saturated heterocycles. The van der Waals surface area contributed by atoms with Crippen LogP contribution in [-0.2, 0) is 17.8 Å². The van der Waals surface area contributed by atoms with Gasteiger partial charge in [0.25, 0.3) is 0 Å². The van der Waals surface area contributed by atoms with Crippen LogP contribution in [0.4, 0.5) is 0 Å². The zero-order valence-corrected chi connectivity index (χ0v) is 9.95. The van der Waals surface area contributed by atoms with Crippen molar-refractivity contribution in [3.05, 3.63) is 23.3 Å². The third kappa shape index (κ3) is 4.35. The second-order valence-corrected chi connectivity index (χ2v) is 4.10. The monoisotopic (exact) mass is 222 g/mol. The summed E-state index contributed by atoms with van der Waals surface area (Å²) in [6.07, 6.45) is 0.0936. The molecule has 0 atom stereocenters. The lowest BCUT2D eigenvalue weighted by molar-refractivity contribution is -0.117. The van der Waals surface area contributed by atoms with Gasteiger partial charge in [0.15, 0.2) is 0 Å². The maximum Gasteiger partial charge on any atom is 0.225 e. The van der Waals surface area contributed by atoms with Gasteiger partial charge in [0, 0.05) is 18.3 Å². The second kappa shape index (κ2) is 5.55. The molecule has 1 heterocycles. The number of hydrogen-bond acceptors (Lipinski definition) is 4. The number of hydrogen-bond donors (Lipinski definition) is 2. The average molecular weight is 222 g/mol. The van der Waals surface area contributed by atoms with Crippen LogP contribution in [0.25, 0.3) is 0 Å². The molecule has 0 fully saturated rings. The first-order chi connectivity index (χ1) is 7.47. The van der Waals surface area contributed by atoms with E-state index in [9.17, 15) is 4.79 Å². The molecule has 88 valence electrons. The van der Waals surface area contributed by atoms with Gasteiger partial charge >= 0.3 is 0 Å². The number of aromatic nitrogens is 2. The average Bonchev–Trinajstić information content (AvgIpc) is 2.12. The summed E-state index contributed by atoms with van der Waals surface area (Å²) >= 11 is 0. The molecule has 0 bridgehead atoms. The summed E-state index contributed by atoms with van der Waals surface area (Å²) in [4.78, 5) is 19.2. The van der Waals surface area contributed by atoms with Crippen molar-refractivity contribution < 1.29 is 4.79 Å². The minimum atomic E-state index is -0.409. The highest BCUT2D eigenvalue weighted by Gasteiger charge is 2.05. The number of primary amides is 1. The van der Waals surface area contributed by atoms with Crippen LogP contribution in [0, 0.1) is 6.92 Å². The van der Waals surface area contributed by atoms with Gasteiger partial charge in [-0.25, -0.2) is 9.97 Å². The van der Waals surface area contributed by atoms with E-state index in [0.717, 1.165) is 11.4 Å². The van der Waals surface area contributed by atoms with E-state index in [-0.39, 0.29) is 6.42 Å². The molecule has 16 heavy (non-hydrogen) atoms. The maximum atomic E-state index is 10.8. The Hall–Kier alpha value is -1.49. The van der Waals surface area contributed by atoms with Crippen molar-refractivity contribution in [1.82, 2.24) is 15.3 Å². The van der Waals surface area contributed by atoms with Crippen molar-refractivity contribution in [2.75, 3.05) is 0 Å². The molecule has 0 spiro atoms.